The number of benzene rings is 1. The Kier molecular flexibility index (Phi) is 5.69. The summed E-state index contributed by atoms with van der Waals surface area (Å²) in [5.74, 6) is -0.739. The van der Waals surface area contributed by atoms with Crippen LogP contribution in [0.3, 0.4) is 0 Å². The van der Waals surface area contributed by atoms with Gasteiger partial charge in [0.1, 0.15) is 6.04 Å². The zero-order valence-electron chi connectivity index (χ0n) is 11.5. The lowest BCUT2D eigenvalue weighted by Crippen LogP contribution is -2.42. The van der Waals surface area contributed by atoms with E-state index in [2.05, 4.69) is 19.9 Å². The Morgan fingerprint density at radius 1 is 1.28 bits per heavy atom. The molecule has 1 atom stereocenters. The molecule has 1 rings (SSSR count). The lowest BCUT2D eigenvalue weighted by Gasteiger charge is -2.31. The molecule has 18 heavy (non-hydrogen) atoms. The Hall–Kier alpha value is -1.51. The van der Waals surface area contributed by atoms with Gasteiger partial charge in [0.15, 0.2) is 0 Å². The summed E-state index contributed by atoms with van der Waals surface area (Å²) in [6, 6.07) is 7.66. The maximum absolute atomic E-state index is 11.4. The van der Waals surface area contributed by atoms with Crippen LogP contribution in [0.5, 0.6) is 0 Å². The molecule has 0 aliphatic carbocycles. The van der Waals surface area contributed by atoms with Crippen LogP contribution in [0.15, 0.2) is 24.3 Å². The van der Waals surface area contributed by atoms with Crippen LogP contribution in [-0.4, -0.2) is 23.7 Å². The van der Waals surface area contributed by atoms with Crippen molar-refractivity contribution in [2.24, 2.45) is 0 Å². The predicted molar refractivity (Wildman–Crippen MR) is 75.2 cm³/mol. The Morgan fingerprint density at radius 3 is 2.44 bits per heavy atom. The summed E-state index contributed by atoms with van der Waals surface area (Å²) in [6.07, 6.45) is 2.49. The fourth-order valence-corrected chi connectivity index (χ4v) is 2.30. The van der Waals surface area contributed by atoms with Gasteiger partial charge in [-0.2, -0.15) is 0 Å². The number of carbonyl (C=O) groups is 1. The van der Waals surface area contributed by atoms with Crippen molar-refractivity contribution in [3.8, 4) is 0 Å². The van der Waals surface area contributed by atoms with E-state index in [0.717, 1.165) is 25.1 Å². The zero-order chi connectivity index (χ0) is 13.5. The predicted octanol–water partition coefficient (Wildman–Crippen LogP) is 3.33. The first kappa shape index (κ1) is 14.6. The summed E-state index contributed by atoms with van der Waals surface area (Å²) in [6.45, 7) is 6.89. The number of rotatable bonds is 7. The first-order valence-corrected chi connectivity index (χ1v) is 6.72. The maximum Gasteiger partial charge on any atom is 0.326 e. The van der Waals surface area contributed by atoms with Crippen molar-refractivity contribution in [1.82, 2.24) is 0 Å². The molecule has 100 valence electrons. The quantitative estimate of drug-likeness (QED) is 0.805. The van der Waals surface area contributed by atoms with Crippen LogP contribution in [0.2, 0.25) is 0 Å². The van der Waals surface area contributed by atoms with Gasteiger partial charge in [-0.15, -0.1) is 0 Å². The molecule has 3 heteroatoms. The molecule has 0 saturated heterocycles. The van der Waals surface area contributed by atoms with Crippen LogP contribution in [0.25, 0.3) is 0 Å². The first-order valence-electron chi connectivity index (χ1n) is 6.72. The van der Waals surface area contributed by atoms with Gasteiger partial charge in [-0.05, 0) is 30.9 Å². The number of hydrogen-bond acceptors (Lipinski definition) is 2. The molecule has 1 N–H and O–H groups in total. The Labute approximate surface area is 109 Å². The van der Waals surface area contributed by atoms with Crippen LogP contribution in [0, 0.1) is 0 Å². The first-order chi connectivity index (χ1) is 8.65. The molecule has 0 amide bonds. The molecule has 0 heterocycles. The summed E-state index contributed by atoms with van der Waals surface area (Å²) in [5.41, 5.74) is 2.28. The van der Waals surface area contributed by atoms with Gasteiger partial charge in [-0.1, -0.05) is 39.0 Å². The van der Waals surface area contributed by atoms with Crippen molar-refractivity contribution < 1.29 is 9.90 Å². The summed E-state index contributed by atoms with van der Waals surface area (Å²) in [4.78, 5) is 13.4. The van der Waals surface area contributed by atoms with Gasteiger partial charge in [0.2, 0.25) is 0 Å². The van der Waals surface area contributed by atoms with E-state index in [0.29, 0.717) is 6.42 Å². The van der Waals surface area contributed by atoms with E-state index < -0.39 is 12.0 Å². The molecule has 1 aromatic carbocycles. The molecular weight excluding hydrogens is 226 g/mol. The number of anilines is 1. The van der Waals surface area contributed by atoms with Crippen molar-refractivity contribution in [3.05, 3.63) is 29.8 Å². The standard InChI is InChI=1S/C15H23NO2/c1-4-11-16(13(6-3)15(17)18)14-10-8-7-9-12(14)5-2/h7-10,13H,4-6,11H2,1-3H3,(H,17,18)/t13-/m1/s1. The summed E-state index contributed by atoms with van der Waals surface area (Å²) in [7, 11) is 0. The SMILES string of the molecule is CCCN(c1ccccc1CC)[C@H](CC)C(=O)O. The second-order valence-corrected chi connectivity index (χ2v) is 4.44. The van der Waals surface area contributed by atoms with E-state index in [-0.39, 0.29) is 0 Å². The highest BCUT2D eigenvalue weighted by atomic mass is 16.4. The molecule has 0 aliphatic heterocycles. The van der Waals surface area contributed by atoms with Crippen molar-refractivity contribution in [3.63, 3.8) is 0 Å². The van der Waals surface area contributed by atoms with E-state index in [1.165, 1.54) is 5.56 Å². The van der Waals surface area contributed by atoms with Gasteiger partial charge in [-0.25, -0.2) is 4.79 Å². The Morgan fingerprint density at radius 2 is 1.94 bits per heavy atom. The van der Waals surface area contributed by atoms with Crippen molar-refractivity contribution in [2.45, 2.75) is 46.1 Å². The molecule has 0 fully saturated rings. The van der Waals surface area contributed by atoms with Crippen molar-refractivity contribution in [1.29, 1.82) is 0 Å². The van der Waals surface area contributed by atoms with E-state index in [4.69, 9.17) is 0 Å². The molecule has 0 aromatic heterocycles. The summed E-state index contributed by atoms with van der Waals surface area (Å²) < 4.78 is 0. The number of para-hydroxylation sites is 1. The third-order valence-electron chi connectivity index (χ3n) is 3.19. The lowest BCUT2D eigenvalue weighted by molar-refractivity contribution is -0.138. The molecular formula is C15H23NO2. The van der Waals surface area contributed by atoms with E-state index in [9.17, 15) is 9.90 Å². The highest BCUT2D eigenvalue weighted by Crippen LogP contribution is 2.24. The van der Waals surface area contributed by atoms with Gasteiger partial charge in [0.25, 0.3) is 0 Å². The van der Waals surface area contributed by atoms with Gasteiger partial charge in [0.05, 0.1) is 0 Å². The average molecular weight is 249 g/mol. The fraction of sp³-hybridized carbons (Fsp3) is 0.533. The third kappa shape index (κ3) is 3.25. The van der Waals surface area contributed by atoms with Crippen molar-refractivity contribution >= 4 is 11.7 Å². The molecule has 0 bridgehead atoms. The summed E-state index contributed by atoms with van der Waals surface area (Å²) in [5, 5.41) is 9.35. The average Bonchev–Trinajstić information content (AvgIpc) is 2.38. The maximum atomic E-state index is 11.4. The van der Waals surface area contributed by atoms with Crippen molar-refractivity contribution in [2.75, 3.05) is 11.4 Å². The number of hydrogen-bond donors (Lipinski definition) is 1. The Balaban J connectivity index is 3.13. The molecule has 3 nitrogen and oxygen atoms in total. The smallest absolute Gasteiger partial charge is 0.326 e. The second-order valence-electron chi connectivity index (χ2n) is 4.44. The number of aryl methyl sites for hydroxylation is 1. The van der Waals surface area contributed by atoms with Gasteiger partial charge < -0.3 is 10.0 Å². The lowest BCUT2D eigenvalue weighted by atomic mass is 10.1. The van der Waals surface area contributed by atoms with Gasteiger partial charge in [-0.3, -0.25) is 0 Å². The summed E-state index contributed by atoms with van der Waals surface area (Å²) >= 11 is 0. The van der Waals surface area contributed by atoms with Crippen LogP contribution >= 0.6 is 0 Å². The minimum absolute atomic E-state index is 0.433. The largest absolute Gasteiger partial charge is 0.480 e. The molecule has 0 saturated carbocycles. The van der Waals surface area contributed by atoms with E-state index in [1.807, 2.05) is 30.0 Å². The van der Waals surface area contributed by atoms with Crippen LogP contribution in [0.4, 0.5) is 5.69 Å². The minimum Gasteiger partial charge on any atom is -0.480 e. The van der Waals surface area contributed by atoms with Gasteiger partial charge in [0, 0.05) is 12.2 Å². The van der Waals surface area contributed by atoms with Gasteiger partial charge >= 0.3 is 5.97 Å². The third-order valence-corrected chi connectivity index (χ3v) is 3.19. The van der Waals surface area contributed by atoms with Crippen LogP contribution in [-0.2, 0) is 11.2 Å². The van der Waals surface area contributed by atoms with Crippen LogP contribution < -0.4 is 4.90 Å². The number of carboxylic acid groups (broad SMARTS) is 1. The monoisotopic (exact) mass is 249 g/mol. The second kappa shape index (κ2) is 7.04. The highest BCUT2D eigenvalue weighted by molar-refractivity contribution is 5.78. The van der Waals surface area contributed by atoms with E-state index >= 15 is 0 Å². The molecule has 1 aromatic rings. The Bertz CT molecular complexity index is 390. The minimum atomic E-state index is -0.739. The van der Waals surface area contributed by atoms with Crippen LogP contribution in [0.1, 0.15) is 39.2 Å². The fourth-order valence-electron chi connectivity index (χ4n) is 2.30. The molecule has 0 unspecified atom stereocenters. The number of nitrogens with zero attached hydrogens (tertiary/aromatic N) is 1. The molecule has 0 radical (unpaired) electrons. The highest BCUT2D eigenvalue weighted by Gasteiger charge is 2.24. The topological polar surface area (TPSA) is 40.5 Å². The van der Waals surface area contributed by atoms with E-state index in [1.54, 1.807) is 0 Å². The number of carboxylic acids is 1. The zero-order valence-corrected chi connectivity index (χ0v) is 11.5. The molecule has 0 aliphatic rings. The normalized spacial score (nSPS) is 12.2. The number of aliphatic carboxylic acids is 1. The molecule has 0 spiro atoms.